The summed E-state index contributed by atoms with van der Waals surface area (Å²) in [5.74, 6) is 0. The van der Waals surface area contributed by atoms with Crippen LogP contribution in [-0.2, 0) is 6.54 Å². The highest BCUT2D eigenvalue weighted by molar-refractivity contribution is 7.20. The lowest BCUT2D eigenvalue weighted by molar-refractivity contribution is 0.423. The molecule has 3 nitrogen and oxygen atoms in total. The van der Waals surface area contributed by atoms with Crippen LogP contribution in [0.2, 0.25) is 0 Å². The van der Waals surface area contributed by atoms with Crippen LogP contribution >= 0.6 is 22.7 Å². The van der Waals surface area contributed by atoms with Crippen molar-refractivity contribution in [1.29, 1.82) is 0 Å². The summed E-state index contributed by atoms with van der Waals surface area (Å²) < 4.78 is 0. The third-order valence-corrected chi connectivity index (χ3v) is 4.39. The third kappa shape index (κ3) is 3.34. The van der Waals surface area contributed by atoms with Gasteiger partial charge in [-0.05, 0) is 44.7 Å². The molecular weight excluding hydrogens is 250 g/mol. The van der Waals surface area contributed by atoms with Gasteiger partial charge in [0.25, 0.3) is 0 Å². The minimum absolute atomic E-state index is 0.116. The van der Waals surface area contributed by atoms with E-state index in [0.29, 0.717) is 0 Å². The van der Waals surface area contributed by atoms with Crippen LogP contribution in [0.3, 0.4) is 0 Å². The Kier molecular flexibility index (Phi) is 3.61. The summed E-state index contributed by atoms with van der Waals surface area (Å²) >= 11 is 3.40. The van der Waals surface area contributed by atoms with Crippen molar-refractivity contribution in [2.45, 2.75) is 39.8 Å². The first-order valence-corrected chi connectivity index (χ1v) is 7.27. The number of aryl methyl sites for hydroxylation is 1. The molecule has 0 spiro atoms. The minimum atomic E-state index is 0.116. The van der Waals surface area contributed by atoms with E-state index in [4.69, 9.17) is 0 Å². The van der Waals surface area contributed by atoms with Gasteiger partial charge in [-0.25, -0.2) is 0 Å². The van der Waals surface area contributed by atoms with Gasteiger partial charge in [0.2, 0.25) is 0 Å². The highest BCUT2D eigenvalue weighted by atomic mass is 32.1. The molecule has 92 valence electrons. The smallest absolute Gasteiger partial charge is 0.158 e. The number of nitrogens with one attached hydrogen (secondary N) is 1. The molecular formula is C12H17N3S2. The molecule has 1 N–H and O–H groups in total. The average Bonchev–Trinajstić information content (AvgIpc) is 2.81. The van der Waals surface area contributed by atoms with Gasteiger partial charge in [-0.15, -0.1) is 21.5 Å². The Morgan fingerprint density at radius 2 is 2.06 bits per heavy atom. The fraction of sp³-hybridized carbons (Fsp3) is 0.500. The van der Waals surface area contributed by atoms with Crippen molar-refractivity contribution in [3.8, 4) is 9.88 Å². The molecule has 0 atom stereocenters. The molecule has 2 rings (SSSR count). The van der Waals surface area contributed by atoms with Crippen molar-refractivity contribution < 1.29 is 0 Å². The number of aromatic nitrogens is 2. The zero-order valence-electron chi connectivity index (χ0n) is 10.6. The maximum absolute atomic E-state index is 4.26. The zero-order chi connectivity index (χ0) is 12.5. The number of rotatable bonds is 3. The molecule has 2 aromatic heterocycles. The Hall–Kier alpha value is -0.780. The molecule has 0 saturated carbocycles. The predicted molar refractivity (Wildman–Crippen MR) is 74.6 cm³/mol. The van der Waals surface area contributed by atoms with Gasteiger partial charge in [0.15, 0.2) is 5.01 Å². The first-order valence-electron chi connectivity index (χ1n) is 5.57. The van der Waals surface area contributed by atoms with E-state index < -0.39 is 0 Å². The molecule has 0 fully saturated rings. The second-order valence-electron chi connectivity index (χ2n) is 5.04. The van der Waals surface area contributed by atoms with Gasteiger partial charge in [0, 0.05) is 5.54 Å². The van der Waals surface area contributed by atoms with Gasteiger partial charge in [0.1, 0.15) is 5.01 Å². The molecule has 5 heteroatoms. The molecule has 0 amide bonds. The van der Waals surface area contributed by atoms with E-state index in [1.807, 2.05) is 0 Å². The topological polar surface area (TPSA) is 37.8 Å². The van der Waals surface area contributed by atoms with Crippen LogP contribution in [0.1, 0.15) is 31.3 Å². The normalized spacial score (nSPS) is 12.0. The van der Waals surface area contributed by atoms with E-state index >= 15 is 0 Å². The Morgan fingerprint density at radius 1 is 1.29 bits per heavy atom. The van der Waals surface area contributed by atoms with Gasteiger partial charge in [0.05, 0.1) is 11.4 Å². The fourth-order valence-electron chi connectivity index (χ4n) is 1.35. The molecule has 0 aliphatic carbocycles. The molecule has 0 radical (unpaired) electrons. The largest absolute Gasteiger partial charge is 0.306 e. The average molecular weight is 267 g/mol. The highest BCUT2D eigenvalue weighted by Crippen LogP contribution is 2.31. The Balaban J connectivity index is 2.09. The van der Waals surface area contributed by atoms with Crippen LogP contribution < -0.4 is 5.32 Å². The van der Waals surface area contributed by atoms with E-state index in [-0.39, 0.29) is 5.54 Å². The van der Waals surface area contributed by atoms with Crippen LogP contribution in [0.5, 0.6) is 0 Å². The maximum atomic E-state index is 4.26. The van der Waals surface area contributed by atoms with Crippen molar-refractivity contribution in [2.24, 2.45) is 0 Å². The van der Waals surface area contributed by atoms with E-state index in [9.17, 15) is 0 Å². The van der Waals surface area contributed by atoms with E-state index in [0.717, 1.165) is 16.6 Å². The van der Waals surface area contributed by atoms with Crippen molar-refractivity contribution >= 4 is 22.7 Å². The Labute approximate surface area is 110 Å². The lowest BCUT2D eigenvalue weighted by atomic mass is 10.1. The third-order valence-electron chi connectivity index (χ3n) is 2.29. The molecule has 2 heterocycles. The van der Waals surface area contributed by atoms with Crippen molar-refractivity contribution in [2.75, 3.05) is 0 Å². The van der Waals surface area contributed by atoms with Crippen LogP contribution in [0.15, 0.2) is 11.4 Å². The molecule has 0 saturated heterocycles. The molecule has 0 aliphatic rings. The maximum Gasteiger partial charge on any atom is 0.158 e. The summed E-state index contributed by atoms with van der Waals surface area (Å²) in [6.45, 7) is 9.35. The lowest BCUT2D eigenvalue weighted by Crippen LogP contribution is -2.35. The number of hydrogen-bond acceptors (Lipinski definition) is 5. The van der Waals surface area contributed by atoms with E-state index in [1.54, 1.807) is 22.7 Å². The van der Waals surface area contributed by atoms with Crippen LogP contribution in [0.4, 0.5) is 0 Å². The molecule has 0 aliphatic heterocycles. The first kappa shape index (κ1) is 12.7. The standard InChI is InChI=1S/C12H17N3S2/c1-8-5-6-16-10(8)11-15-14-9(17-11)7-13-12(2,3)4/h5-6,13H,7H2,1-4H3. The van der Waals surface area contributed by atoms with E-state index in [1.165, 1.54) is 10.4 Å². The Morgan fingerprint density at radius 3 is 2.65 bits per heavy atom. The molecule has 0 bridgehead atoms. The van der Waals surface area contributed by atoms with Gasteiger partial charge in [-0.3, -0.25) is 0 Å². The fourth-order valence-corrected chi connectivity index (χ4v) is 3.21. The second kappa shape index (κ2) is 4.84. The zero-order valence-corrected chi connectivity index (χ0v) is 12.2. The summed E-state index contributed by atoms with van der Waals surface area (Å²) in [4.78, 5) is 1.24. The number of nitrogens with zero attached hydrogens (tertiary/aromatic N) is 2. The summed E-state index contributed by atoms with van der Waals surface area (Å²) in [6, 6.07) is 2.12. The predicted octanol–water partition coefficient (Wildman–Crippen LogP) is 3.46. The summed E-state index contributed by atoms with van der Waals surface area (Å²) in [5.41, 5.74) is 1.39. The quantitative estimate of drug-likeness (QED) is 0.925. The summed E-state index contributed by atoms with van der Waals surface area (Å²) in [6.07, 6.45) is 0. The van der Waals surface area contributed by atoms with Gasteiger partial charge < -0.3 is 5.32 Å². The van der Waals surface area contributed by atoms with Crippen molar-refractivity contribution in [3.63, 3.8) is 0 Å². The second-order valence-corrected chi connectivity index (χ2v) is 7.02. The number of thiophene rings is 1. The summed E-state index contributed by atoms with van der Waals surface area (Å²) in [7, 11) is 0. The molecule has 0 unspecified atom stereocenters. The lowest BCUT2D eigenvalue weighted by Gasteiger charge is -2.19. The summed E-state index contributed by atoms with van der Waals surface area (Å²) in [5, 5.41) is 16.1. The van der Waals surface area contributed by atoms with Gasteiger partial charge in [-0.1, -0.05) is 11.3 Å². The first-order chi connectivity index (χ1) is 7.96. The van der Waals surface area contributed by atoms with Crippen LogP contribution in [0, 0.1) is 6.92 Å². The monoisotopic (exact) mass is 267 g/mol. The minimum Gasteiger partial charge on any atom is -0.306 e. The SMILES string of the molecule is Cc1ccsc1-c1nnc(CNC(C)(C)C)s1. The van der Waals surface area contributed by atoms with E-state index in [2.05, 4.69) is 54.7 Å². The molecule has 17 heavy (non-hydrogen) atoms. The van der Waals surface area contributed by atoms with Crippen LogP contribution in [0.25, 0.3) is 9.88 Å². The van der Waals surface area contributed by atoms with Crippen molar-refractivity contribution in [1.82, 2.24) is 15.5 Å². The van der Waals surface area contributed by atoms with Crippen LogP contribution in [-0.4, -0.2) is 15.7 Å². The van der Waals surface area contributed by atoms with Crippen molar-refractivity contribution in [3.05, 3.63) is 22.0 Å². The molecule has 0 aromatic carbocycles. The van der Waals surface area contributed by atoms with Gasteiger partial charge >= 0.3 is 0 Å². The highest BCUT2D eigenvalue weighted by Gasteiger charge is 2.13. The molecule has 2 aromatic rings. The Bertz CT molecular complexity index is 494. The number of hydrogen-bond donors (Lipinski definition) is 1. The van der Waals surface area contributed by atoms with Gasteiger partial charge in [-0.2, -0.15) is 0 Å².